The van der Waals surface area contributed by atoms with Gasteiger partial charge >= 0.3 is 0 Å². The molecule has 0 spiro atoms. The number of aromatic nitrogens is 1. The van der Waals surface area contributed by atoms with Gasteiger partial charge in [-0.3, -0.25) is 4.72 Å². The van der Waals surface area contributed by atoms with Crippen molar-refractivity contribution >= 4 is 15.7 Å². The van der Waals surface area contributed by atoms with E-state index in [4.69, 9.17) is 0 Å². The largest absolute Gasteiger partial charge is 0.282 e. The molecule has 0 saturated heterocycles. The van der Waals surface area contributed by atoms with E-state index in [-0.39, 0.29) is 16.9 Å². The van der Waals surface area contributed by atoms with E-state index < -0.39 is 16.0 Å². The van der Waals surface area contributed by atoms with Gasteiger partial charge in [0.2, 0.25) is 16.0 Å². The Morgan fingerprint density at radius 3 is 2.47 bits per heavy atom. The van der Waals surface area contributed by atoms with Crippen molar-refractivity contribution in [2.45, 2.75) is 27.2 Å². The molecule has 0 bridgehead atoms. The lowest BCUT2D eigenvalue weighted by Gasteiger charge is -2.18. The summed E-state index contributed by atoms with van der Waals surface area (Å²) in [6.45, 7) is 5.92. The van der Waals surface area contributed by atoms with E-state index in [0.29, 0.717) is 6.42 Å². The number of pyridine rings is 1. The fourth-order valence-corrected chi connectivity index (χ4v) is 2.57. The van der Waals surface area contributed by atoms with Crippen LogP contribution >= 0.6 is 0 Å². The highest BCUT2D eigenvalue weighted by Gasteiger charge is 2.17. The maximum absolute atomic E-state index is 12.5. The Kier molecular flexibility index (Phi) is 4.08. The summed E-state index contributed by atoms with van der Waals surface area (Å²) >= 11 is 0. The van der Waals surface area contributed by atoms with Crippen LogP contribution in [0.1, 0.15) is 27.2 Å². The summed E-state index contributed by atoms with van der Waals surface area (Å²) in [6.07, 6.45) is 1.71. The first-order chi connectivity index (χ1) is 7.68. The van der Waals surface area contributed by atoms with Gasteiger partial charge in [-0.2, -0.15) is 4.39 Å². The second-order valence-electron chi connectivity index (χ2n) is 5.10. The molecule has 1 N–H and O–H groups in total. The molecule has 0 atom stereocenters. The van der Waals surface area contributed by atoms with Crippen LogP contribution in [0.4, 0.5) is 10.1 Å². The van der Waals surface area contributed by atoms with Crippen molar-refractivity contribution < 1.29 is 12.8 Å². The van der Waals surface area contributed by atoms with E-state index in [1.807, 2.05) is 20.8 Å². The molecule has 0 aromatic carbocycles. The van der Waals surface area contributed by atoms with Gasteiger partial charge in [-0.1, -0.05) is 20.8 Å². The lowest BCUT2D eigenvalue weighted by molar-refractivity contribution is 0.397. The van der Waals surface area contributed by atoms with Crippen LogP contribution in [-0.4, -0.2) is 19.2 Å². The van der Waals surface area contributed by atoms with Gasteiger partial charge in [0.15, 0.2) is 0 Å². The van der Waals surface area contributed by atoms with E-state index in [9.17, 15) is 12.8 Å². The molecule has 1 aromatic rings. The molecule has 0 fully saturated rings. The average molecular weight is 260 g/mol. The molecular weight excluding hydrogens is 243 g/mol. The second-order valence-corrected chi connectivity index (χ2v) is 6.94. The quantitative estimate of drug-likeness (QED) is 0.846. The van der Waals surface area contributed by atoms with Gasteiger partial charge in [0.25, 0.3) is 0 Å². The third-order valence-corrected chi connectivity index (χ3v) is 3.41. The van der Waals surface area contributed by atoms with Crippen LogP contribution < -0.4 is 4.72 Å². The van der Waals surface area contributed by atoms with Gasteiger partial charge in [0.1, 0.15) is 0 Å². The summed E-state index contributed by atoms with van der Waals surface area (Å²) < 4.78 is 38.3. The van der Waals surface area contributed by atoms with Crippen molar-refractivity contribution in [1.82, 2.24) is 4.98 Å². The number of anilines is 1. The zero-order chi connectivity index (χ0) is 13.1. The SMILES string of the molecule is CC(C)(C)CCS(=O)(=O)Nc1ccc(F)nc1. The Hall–Kier alpha value is -1.17. The van der Waals surface area contributed by atoms with Crippen molar-refractivity contribution in [3.05, 3.63) is 24.3 Å². The molecule has 0 aliphatic carbocycles. The molecule has 17 heavy (non-hydrogen) atoms. The number of nitrogens with zero attached hydrogens (tertiary/aromatic N) is 1. The van der Waals surface area contributed by atoms with Gasteiger partial charge < -0.3 is 0 Å². The van der Waals surface area contributed by atoms with E-state index in [1.165, 1.54) is 6.07 Å². The minimum atomic E-state index is -3.39. The van der Waals surface area contributed by atoms with Gasteiger partial charge in [-0.05, 0) is 24.0 Å². The maximum Gasteiger partial charge on any atom is 0.232 e. The summed E-state index contributed by atoms with van der Waals surface area (Å²) in [5, 5.41) is 0. The van der Waals surface area contributed by atoms with Gasteiger partial charge in [0, 0.05) is 0 Å². The topological polar surface area (TPSA) is 59.1 Å². The van der Waals surface area contributed by atoms with Crippen LogP contribution in [0.15, 0.2) is 18.3 Å². The molecule has 1 aromatic heterocycles. The van der Waals surface area contributed by atoms with Gasteiger partial charge in [-0.25, -0.2) is 13.4 Å². The molecule has 96 valence electrons. The second kappa shape index (κ2) is 5.00. The Bertz CT molecular complexity index is 463. The third kappa shape index (κ3) is 5.63. The number of hydrogen-bond donors (Lipinski definition) is 1. The Morgan fingerprint density at radius 1 is 1.35 bits per heavy atom. The molecule has 6 heteroatoms. The monoisotopic (exact) mass is 260 g/mol. The van der Waals surface area contributed by atoms with E-state index in [2.05, 4.69) is 9.71 Å². The summed E-state index contributed by atoms with van der Waals surface area (Å²) in [6, 6.07) is 2.46. The first kappa shape index (κ1) is 13.9. The molecule has 4 nitrogen and oxygen atoms in total. The molecule has 0 radical (unpaired) electrons. The third-order valence-electron chi connectivity index (χ3n) is 2.12. The minimum absolute atomic E-state index is 0.0356. The lowest BCUT2D eigenvalue weighted by atomic mass is 9.94. The van der Waals surface area contributed by atoms with Crippen LogP contribution in [-0.2, 0) is 10.0 Å². The van der Waals surface area contributed by atoms with E-state index in [0.717, 1.165) is 12.3 Å². The normalized spacial score (nSPS) is 12.5. The number of sulfonamides is 1. The Labute approximate surface area is 101 Å². The molecule has 0 aliphatic heterocycles. The molecule has 0 unspecified atom stereocenters. The fraction of sp³-hybridized carbons (Fsp3) is 0.545. The number of rotatable bonds is 4. The van der Waals surface area contributed by atoms with Crippen LogP contribution in [0.5, 0.6) is 0 Å². The van der Waals surface area contributed by atoms with Crippen LogP contribution in [0, 0.1) is 11.4 Å². The highest BCUT2D eigenvalue weighted by molar-refractivity contribution is 7.92. The molecular formula is C11H17FN2O2S. The van der Waals surface area contributed by atoms with Crippen molar-refractivity contribution in [2.75, 3.05) is 10.5 Å². The first-order valence-corrected chi connectivity index (χ1v) is 6.95. The van der Waals surface area contributed by atoms with Crippen LogP contribution in [0.2, 0.25) is 0 Å². The molecule has 0 amide bonds. The zero-order valence-corrected chi connectivity index (χ0v) is 11.0. The summed E-state index contributed by atoms with van der Waals surface area (Å²) in [4.78, 5) is 3.38. The predicted octanol–water partition coefficient (Wildman–Crippen LogP) is 2.40. The van der Waals surface area contributed by atoms with Crippen molar-refractivity contribution in [3.63, 3.8) is 0 Å². The first-order valence-electron chi connectivity index (χ1n) is 5.30. The summed E-state index contributed by atoms with van der Waals surface area (Å²) in [5.41, 5.74) is 0.232. The van der Waals surface area contributed by atoms with Crippen molar-refractivity contribution in [1.29, 1.82) is 0 Å². The molecule has 0 saturated carbocycles. The van der Waals surface area contributed by atoms with E-state index in [1.54, 1.807) is 0 Å². The summed E-state index contributed by atoms with van der Waals surface area (Å²) in [5.74, 6) is -0.601. The fourth-order valence-electron chi connectivity index (χ4n) is 1.11. The average Bonchev–Trinajstić information content (AvgIpc) is 2.18. The molecule has 1 rings (SSSR count). The van der Waals surface area contributed by atoms with Crippen molar-refractivity contribution in [3.8, 4) is 0 Å². The number of halogens is 1. The smallest absolute Gasteiger partial charge is 0.232 e. The highest BCUT2D eigenvalue weighted by atomic mass is 32.2. The van der Waals surface area contributed by atoms with Crippen molar-refractivity contribution in [2.24, 2.45) is 5.41 Å². The number of hydrogen-bond acceptors (Lipinski definition) is 3. The molecule has 0 aliphatic rings. The minimum Gasteiger partial charge on any atom is -0.282 e. The Balaban J connectivity index is 2.64. The zero-order valence-electron chi connectivity index (χ0n) is 10.2. The van der Waals surface area contributed by atoms with Gasteiger partial charge in [-0.15, -0.1) is 0 Å². The molecule has 1 heterocycles. The Morgan fingerprint density at radius 2 is 2.00 bits per heavy atom. The van der Waals surface area contributed by atoms with Crippen LogP contribution in [0.3, 0.4) is 0 Å². The maximum atomic E-state index is 12.5. The van der Waals surface area contributed by atoms with Gasteiger partial charge in [0.05, 0.1) is 17.6 Å². The predicted molar refractivity (Wildman–Crippen MR) is 65.7 cm³/mol. The standard InChI is InChI=1S/C11H17FN2O2S/c1-11(2,3)6-7-17(15,16)14-9-4-5-10(12)13-8-9/h4-5,8,14H,6-7H2,1-3H3. The van der Waals surface area contributed by atoms with E-state index >= 15 is 0 Å². The number of nitrogens with one attached hydrogen (secondary N) is 1. The summed E-state index contributed by atoms with van der Waals surface area (Å²) in [7, 11) is -3.39. The lowest BCUT2D eigenvalue weighted by Crippen LogP contribution is -2.21. The highest BCUT2D eigenvalue weighted by Crippen LogP contribution is 2.20. The van der Waals surface area contributed by atoms with Crippen LogP contribution in [0.25, 0.3) is 0 Å².